The number of aldehydes is 1. The summed E-state index contributed by atoms with van der Waals surface area (Å²) in [7, 11) is 0. The van der Waals surface area contributed by atoms with E-state index in [1.54, 1.807) is 13.8 Å². The summed E-state index contributed by atoms with van der Waals surface area (Å²) in [5, 5.41) is 0. The Hall–Kier alpha value is -0.740. The summed E-state index contributed by atoms with van der Waals surface area (Å²) >= 11 is 0. The molecular weight excluding hydrogens is 220 g/mol. The van der Waals surface area contributed by atoms with E-state index in [9.17, 15) is 9.59 Å². The van der Waals surface area contributed by atoms with Crippen LogP contribution in [0.25, 0.3) is 0 Å². The number of Topliss-reactive ketones (excluding diaryl/α,β-unsaturated/α-hetero) is 1. The van der Waals surface area contributed by atoms with Crippen LogP contribution < -0.4 is 0 Å². The van der Waals surface area contributed by atoms with Gasteiger partial charge >= 0.3 is 0 Å². The monoisotopic (exact) mass is 242 g/mol. The lowest BCUT2D eigenvalue weighted by atomic mass is 9.96. The lowest BCUT2D eigenvalue weighted by Gasteiger charge is -2.23. The molecule has 1 rings (SSSR count). The minimum Gasteiger partial charge on any atom is -0.347 e. The molecule has 1 unspecified atom stereocenters. The molecule has 0 aromatic heterocycles. The van der Waals surface area contributed by atoms with Crippen LogP contribution >= 0.6 is 0 Å². The smallest absolute Gasteiger partial charge is 0.164 e. The van der Waals surface area contributed by atoms with Crippen molar-refractivity contribution in [3.8, 4) is 0 Å². The van der Waals surface area contributed by atoms with Gasteiger partial charge in [0.2, 0.25) is 0 Å². The van der Waals surface area contributed by atoms with Crippen molar-refractivity contribution in [3.05, 3.63) is 0 Å². The molecule has 1 fully saturated rings. The molecule has 0 aromatic carbocycles. The molecule has 0 aliphatic carbocycles. The first-order chi connectivity index (χ1) is 7.79. The molecule has 0 bridgehead atoms. The van der Waals surface area contributed by atoms with Gasteiger partial charge in [-0.3, -0.25) is 4.79 Å². The molecule has 0 spiro atoms. The molecule has 17 heavy (non-hydrogen) atoms. The fraction of sp³-hybridized carbons (Fsp3) is 0.846. The molecule has 0 amide bonds. The van der Waals surface area contributed by atoms with E-state index in [0.29, 0.717) is 25.2 Å². The maximum atomic E-state index is 11.6. The van der Waals surface area contributed by atoms with Gasteiger partial charge in [-0.15, -0.1) is 0 Å². The standard InChI is InChI=1S/C13H22O4/c1-10(2)7-11(15)5-6-13(8-14)9-16-12(3,4)17-13/h8,10H,5-7,9H2,1-4H3. The van der Waals surface area contributed by atoms with Gasteiger partial charge in [0.25, 0.3) is 0 Å². The quantitative estimate of drug-likeness (QED) is 0.669. The molecule has 4 heteroatoms. The molecule has 0 aromatic rings. The van der Waals surface area contributed by atoms with Crippen LogP contribution in [0.2, 0.25) is 0 Å². The largest absolute Gasteiger partial charge is 0.347 e. The normalized spacial score (nSPS) is 27.4. The van der Waals surface area contributed by atoms with Crippen LogP contribution in [0.4, 0.5) is 0 Å². The molecule has 1 atom stereocenters. The second-order valence-corrected chi connectivity index (χ2v) is 5.61. The van der Waals surface area contributed by atoms with Gasteiger partial charge in [-0.2, -0.15) is 0 Å². The van der Waals surface area contributed by atoms with Gasteiger partial charge in [-0.25, -0.2) is 0 Å². The number of ketones is 1. The highest BCUT2D eigenvalue weighted by molar-refractivity contribution is 5.79. The zero-order valence-corrected chi connectivity index (χ0v) is 11.1. The van der Waals surface area contributed by atoms with E-state index in [-0.39, 0.29) is 12.4 Å². The van der Waals surface area contributed by atoms with Crippen molar-refractivity contribution >= 4 is 12.1 Å². The van der Waals surface area contributed by atoms with Crippen LogP contribution in [0.5, 0.6) is 0 Å². The van der Waals surface area contributed by atoms with Crippen LogP contribution in [0.15, 0.2) is 0 Å². The molecule has 0 N–H and O–H groups in total. The van der Waals surface area contributed by atoms with E-state index >= 15 is 0 Å². The van der Waals surface area contributed by atoms with Crippen LogP contribution in [-0.2, 0) is 19.1 Å². The third-order valence-corrected chi connectivity index (χ3v) is 2.79. The van der Waals surface area contributed by atoms with Crippen molar-refractivity contribution in [3.63, 3.8) is 0 Å². The van der Waals surface area contributed by atoms with Gasteiger partial charge in [-0.1, -0.05) is 13.8 Å². The van der Waals surface area contributed by atoms with Gasteiger partial charge < -0.3 is 14.3 Å². The number of carbonyl (C=O) groups is 2. The topological polar surface area (TPSA) is 52.6 Å². The van der Waals surface area contributed by atoms with Crippen molar-refractivity contribution in [1.82, 2.24) is 0 Å². The highest BCUT2D eigenvalue weighted by Crippen LogP contribution is 2.33. The van der Waals surface area contributed by atoms with Crippen molar-refractivity contribution < 1.29 is 19.1 Å². The van der Waals surface area contributed by atoms with Gasteiger partial charge in [0.15, 0.2) is 17.7 Å². The average molecular weight is 242 g/mol. The Kier molecular flexibility index (Phi) is 4.44. The molecule has 1 aliphatic rings. The van der Waals surface area contributed by atoms with E-state index in [1.807, 2.05) is 13.8 Å². The number of rotatable bonds is 6. The predicted molar refractivity (Wildman–Crippen MR) is 63.6 cm³/mol. The summed E-state index contributed by atoms with van der Waals surface area (Å²) in [5.41, 5.74) is -0.934. The summed E-state index contributed by atoms with van der Waals surface area (Å²) in [4.78, 5) is 22.8. The first-order valence-corrected chi connectivity index (χ1v) is 6.11. The third kappa shape index (κ3) is 4.21. The summed E-state index contributed by atoms with van der Waals surface area (Å²) in [6, 6.07) is 0. The Morgan fingerprint density at radius 3 is 2.47 bits per heavy atom. The van der Waals surface area contributed by atoms with Crippen molar-refractivity contribution in [2.75, 3.05) is 6.61 Å². The number of carbonyl (C=O) groups excluding carboxylic acids is 2. The van der Waals surface area contributed by atoms with E-state index in [1.165, 1.54) is 0 Å². The first-order valence-electron chi connectivity index (χ1n) is 6.11. The Balaban J connectivity index is 2.49. The fourth-order valence-electron chi connectivity index (χ4n) is 1.99. The molecular formula is C13H22O4. The molecule has 1 aliphatic heterocycles. The van der Waals surface area contributed by atoms with Crippen LogP contribution in [0, 0.1) is 5.92 Å². The van der Waals surface area contributed by atoms with E-state index in [4.69, 9.17) is 9.47 Å². The lowest BCUT2D eigenvalue weighted by molar-refractivity contribution is -0.166. The number of ether oxygens (including phenoxy) is 2. The molecule has 1 heterocycles. The highest BCUT2D eigenvalue weighted by atomic mass is 16.8. The van der Waals surface area contributed by atoms with Crippen molar-refractivity contribution in [2.24, 2.45) is 5.92 Å². The van der Waals surface area contributed by atoms with E-state index in [2.05, 4.69) is 0 Å². The highest BCUT2D eigenvalue weighted by Gasteiger charge is 2.45. The summed E-state index contributed by atoms with van der Waals surface area (Å²) in [6.07, 6.45) is 2.10. The number of hydrogen-bond donors (Lipinski definition) is 0. The Bertz CT molecular complexity index is 296. The maximum absolute atomic E-state index is 11.6. The molecule has 0 saturated carbocycles. The zero-order chi connectivity index (χ0) is 13.1. The first kappa shape index (κ1) is 14.3. The van der Waals surface area contributed by atoms with Crippen molar-refractivity contribution in [2.45, 2.75) is 58.3 Å². The van der Waals surface area contributed by atoms with E-state index < -0.39 is 11.4 Å². The molecule has 4 nitrogen and oxygen atoms in total. The predicted octanol–water partition coefficient (Wildman–Crippen LogP) is 2.10. The zero-order valence-electron chi connectivity index (χ0n) is 11.1. The fourth-order valence-corrected chi connectivity index (χ4v) is 1.99. The van der Waals surface area contributed by atoms with E-state index in [0.717, 1.165) is 6.29 Å². The second-order valence-electron chi connectivity index (χ2n) is 5.61. The summed E-state index contributed by atoms with van der Waals surface area (Å²) < 4.78 is 11.0. The number of hydrogen-bond acceptors (Lipinski definition) is 4. The lowest BCUT2D eigenvalue weighted by Crippen LogP contribution is -2.36. The minimum absolute atomic E-state index is 0.175. The second kappa shape index (κ2) is 5.27. The maximum Gasteiger partial charge on any atom is 0.164 e. The van der Waals surface area contributed by atoms with Gasteiger partial charge in [0.1, 0.15) is 5.78 Å². The Morgan fingerprint density at radius 2 is 2.06 bits per heavy atom. The van der Waals surface area contributed by atoms with Gasteiger partial charge in [0, 0.05) is 12.8 Å². The average Bonchev–Trinajstić information content (AvgIpc) is 2.52. The Labute approximate surface area is 103 Å². The summed E-state index contributed by atoms with van der Waals surface area (Å²) in [6.45, 7) is 7.79. The molecule has 1 saturated heterocycles. The van der Waals surface area contributed by atoms with Crippen LogP contribution in [-0.4, -0.2) is 30.1 Å². The third-order valence-electron chi connectivity index (χ3n) is 2.79. The summed E-state index contributed by atoms with van der Waals surface area (Å²) in [5.74, 6) is -0.205. The minimum atomic E-state index is -0.934. The molecule has 98 valence electrons. The van der Waals surface area contributed by atoms with Crippen molar-refractivity contribution in [1.29, 1.82) is 0 Å². The Morgan fingerprint density at radius 1 is 1.41 bits per heavy atom. The SMILES string of the molecule is CC(C)CC(=O)CCC1(C=O)COC(C)(C)O1. The van der Waals surface area contributed by atoms with Crippen LogP contribution in [0.1, 0.15) is 47.0 Å². The van der Waals surface area contributed by atoms with Gasteiger partial charge in [-0.05, 0) is 26.2 Å². The van der Waals surface area contributed by atoms with Gasteiger partial charge in [0.05, 0.1) is 6.61 Å². The van der Waals surface area contributed by atoms with Crippen LogP contribution in [0.3, 0.4) is 0 Å². The molecule has 0 radical (unpaired) electrons.